The number of hydrogen-bond donors (Lipinski definition) is 1. The Labute approximate surface area is 110 Å². The Bertz CT molecular complexity index is 611. The summed E-state index contributed by atoms with van der Waals surface area (Å²) in [5.41, 5.74) is 1.67. The van der Waals surface area contributed by atoms with Gasteiger partial charge in [-0.1, -0.05) is 0 Å². The van der Waals surface area contributed by atoms with Crippen LogP contribution in [0.5, 0.6) is 0 Å². The van der Waals surface area contributed by atoms with Crippen LogP contribution in [0.15, 0.2) is 36.5 Å². The third-order valence-electron chi connectivity index (χ3n) is 2.83. The predicted octanol–water partition coefficient (Wildman–Crippen LogP) is 3.00. The van der Waals surface area contributed by atoms with E-state index in [1.165, 1.54) is 18.3 Å². The predicted molar refractivity (Wildman–Crippen MR) is 70.4 cm³/mol. The summed E-state index contributed by atoms with van der Waals surface area (Å²) in [4.78, 5) is 16.8. The van der Waals surface area contributed by atoms with Crippen LogP contribution in [0.2, 0.25) is 0 Å². The molecule has 1 heterocycles. The number of aromatic nitrogens is 1. The summed E-state index contributed by atoms with van der Waals surface area (Å²) < 4.78 is 12.9. The molecular formula is C14H13FN2O2. The van der Waals surface area contributed by atoms with Crippen LogP contribution in [0, 0.1) is 12.7 Å². The van der Waals surface area contributed by atoms with Gasteiger partial charge in [-0.2, -0.15) is 0 Å². The molecule has 1 aromatic carbocycles. The Kier molecular flexibility index (Phi) is 3.46. The molecular weight excluding hydrogens is 247 g/mol. The van der Waals surface area contributed by atoms with Gasteiger partial charge in [0.2, 0.25) is 0 Å². The fourth-order valence-corrected chi connectivity index (χ4v) is 1.82. The molecule has 0 saturated carbocycles. The summed E-state index contributed by atoms with van der Waals surface area (Å²) in [6.45, 7) is 1.79. The van der Waals surface area contributed by atoms with Gasteiger partial charge in [-0.3, -0.25) is 0 Å². The first-order valence-electron chi connectivity index (χ1n) is 5.68. The van der Waals surface area contributed by atoms with E-state index in [1.54, 1.807) is 37.1 Å². The molecule has 0 aliphatic carbocycles. The van der Waals surface area contributed by atoms with Crippen LogP contribution in [0.25, 0.3) is 0 Å². The number of aryl methyl sites for hydroxylation is 1. The maximum atomic E-state index is 12.9. The van der Waals surface area contributed by atoms with Gasteiger partial charge in [0, 0.05) is 18.9 Å². The molecule has 0 aliphatic rings. The van der Waals surface area contributed by atoms with E-state index < -0.39 is 5.97 Å². The zero-order valence-corrected chi connectivity index (χ0v) is 10.6. The standard InChI is InChI=1S/C14H13FN2O2/c1-9-7-10(14(18)19)8-16-13(9)17(2)12-5-3-11(15)4-6-12/h3-8H,1-2H3,(H,18,19). The average Bonchev–Trinajstić information content (AvgIpc) is 2.38. The molecule has 0 spiro atoms. The molecule has 0 saturated heterocycles. The third-order valence-corrected chi connectivity index (χ3v) is 2.83. The van der Waals surface area contributed by atoms with Crippen LogP contribution in [-0.2, 0) is 0 Å². The number of halogens is 1. The van der Waals surface area contributed by atoms with Crippen molar-refractivity contribution in [2.75, 3.05) is 11.9 Å². The second-order valence-electron chi connectivity index (χ2n) is 4.21. The van der Waals surface area contributed by atoms with Gasteiger partial charge in [-0.15, -0.1) is 0 Å². The summed E-state index contributed by atoms with van der Waals surface area (Å²) in [5.74, 6) is -0.675. The molecule has 0 atom stereocenters. The van der Waals surface area contributed by atoms with Gasteiger partial charge < -0.3 is 10.0 Å². The molecule has 4 nitrogen and oxygen atoms in total. The SMILES string of the molecule is Cc1cc(C(=O)O)cnc1N(C)c1ccc(F)cc1. The zero-order chi connectivity index (χ0) is 14.0. The highest BCUT2D eigenvalue weighted by Gasteiger charge is 2.11. The van der Waals surface area contributed by atoms with Crippen molar-refractivity contribution in [2.45, 2.75) is 6.92 Å². The quantitative estimate of drug-likeness (QED) is 0.921. The van der Waals surface area contributed by atoms with E-state index in [9.17, 15) is 9.18 Å². The lowest BCUT2D eigenvalue weighted by Gasteiger charge is -2.20. The van der Waals surface area contributed by atoms with Crippen LogP contribution >= 0.6 is 0 Å². The van der Waals surface area contributed by atoms with Crippen molar-refractivity contribution in [3.63, 3.8) is 0 Å². The Balaban J connectivity index is 2.36. The summed E-state index contributed by atoms with van der Waals surface area (Å²) in [6, 6.07) is 7.58. The number of nitrogens with zero attached hydrogens (tertiary/aromatic N) is 2. The molecule has 19 heavy (non-hydrogen) atoms. The summed E-state index contributed by atoms with van der Waals surface area (Å²) in [7, 11) is 1.79. The smallest absolute Gasteiger partial charge is 0.337 e. The van der Waals surface area contributed by atoms with E-state index >= 15 is 0 Å². The molecule has 0 radical (unpaired) electrons. The van der Waals surface area contributed by atoms with Crippen molar-refractivity contribution in [3.05, 3.63) is 53.5 Å². The number of aromatic carboxylic acids is 1. The largest absolute Gasteiger partial charge is 0.478 e. The van der Waals surface area contributed by atoms with Crippen LogP contribution in [-0.4, -0.2) is 23.1 Å². The van der Waals surface area contributed by atoms with Gasteiger partial charge in [0.25, 0.3) is 0 Å². The van der Waals surface area contributed by atoms with Gasteiger partial charge in [-0.05, 0) is 42.8 Å². The fourth-order valence-electron chi connectivity index (χ4n) is 1.82. The summed E-state index contributed by atoms with van der Waals surface area (Å²) >= 11 is 0. The Hall–Kier alpha value is -2.43. The second-order valence-corrected chi connectivity index (χ2v) is 4.21. The number of carboxylic acids is 1. The van der Waals surface area contributed by atoms with Crippen LogP contribution in [0.4, 0.5) is 15.9 Å². The topological polar surface area (TPSA) is 53.4 Å². The molecule has 98 valence electrons. The lowest BCUT2D eigenvalue weighted by atomic mass is 10.2. The van der Waals surface area contributed by atoms with Crippen molar-refractivity contribution in [1.82, 2.24) is 4.98 Å². The molecule has 0 fully saturated rings. The third kappa shape index (κ3) is 2.70. The minimum absolute atomic E-state index is 0.147. The van der Waals surface area contributed by atoms with Crippen LogP contribution in [0.1, 0.15) is 15.9 Å². The number of benzene rings is 1. The first kappa shape index (κ1) is 13.0. The van der Waals surface area contributed by atoms with E-state index in [0.717, 1.165) is 11.3 Å². The van der Waals surface area contributed by atoms with Crippen LogP contribution < -0.4 is 4.90 Å². The van der Waals surface area contributed by atoms with Gasteiger partial charge >= 0.3 is 5.97 Å². The first-order valence-corrected chi connectivity index (χ1v) is 5.68. The lowest BCUT2D eigenvalue weighted by Crippen LogP contribution is -2.13. The summed E-state index contributed by atoms with van der Waals surface area (Å²) in [5, 5.41) is 8.89. The molecule has 0 amide bonds. The minimum atomic E-state index is -1.01. The highest BCUT2D eigenvalue weighted by molar-refractivity contribution is 5.88. The molecule has 1 aromatic heterocycles. The molecule has 0 aliphatic heterocycles. The van der Waals surface area contributed by atoms with Crippen molar-refractivity contribution in [1.29, 1.82) is 0 Å². The molecule has 0 bridgehead atoms. The van der Waals surface area contributed by atoms with Gasteiger partial charge in [0.1, 0.15) is 11.6 Å². The van der Waals surface area contributed by atoms with Gasteiger partial charge in [0.05, 0.1) is 5.56 Å². The zero-order valence-electron chi connectivity index (χ0n) is 10.6. The van der Waals surface area contributed by atoms with E-state index in [4.69, 9.17) is 5.11 Å². The number of carboxylic acid groups (broad SMARTS) is 1. The van der Waals surface area contributed by atoms with Crippen molar-refractivity contribution in [2.24, 2.45) is 0 Å². The maximum Gasteiger partial charge on any atom is 0.337 e. The minimum Gasteiger partial charge on any atom is -0.478 e. The highest BCUT2D eigenvalue weighted by Crippen LogP contribution is 2.25. The maximum absolute atomic E-state index is 12.9. The molecule has 2 aromatic rings. The van der Waals surface area contributed by atoms with E-state index in [-0.39, 0.29) is 11.4 Å². The number of anilines is 2. The number of carbonyl (C=O) groups is 1. The van der Waals surface area contributed by atoms with E-state index in [0.29, 0.717) is 5.82 Å². The van der Waals surface area contributed by atoms with Crippen molar-refractivity contribution < 1.29 is 14.3 Å². The summed E-state index contributed by atoms with van der Waals surface area (Å²) in [6.07, 6.45) is 1.31. The number of rotatable bonds is 3. The Morgan fingerprint density at radius 3 is 2.47 bits per heavy atom. The van der Waals surface area contributed by atoms with E-state index in [1.807, 2.05) is 0 Å². The second kappa shape index (κ2) is 5.06. The van der Waals surface area contributed by atoms with Gasteiger partial charge in [-0.25, -0.2) is 14.2 Å². The first-order chi connectivity index (χ1) is 8.99. The molecule has 1 N–H and O–H groups in total. The van der Waals surface area contributed by atoms with Crippen molar-refractivity contribution in [3.8, 4) is 0 Å². The number of hydrogen-bond acceptors (Lipinski definition) is 3. The van der Waals surface area contributed by atoms with E-state index in [2.05, 4.69) is 4.98 Å². The molecule has 5 heteroatoms. The highest BCUT2D eigenvalue weighted by atomic mass is 19.1. The number of pyridine rings is 1. The molecule has 2 rings (SSSR count). The Morgan fingerprint density at radius 1 is 1.32 bits per heavy atom. The molecule has 0 unspecified atom stereocenters. The van der Waals surface area contributed by atoms with Gasteiger partial charge in [0.15, 0.2) is 0 Å². The monoisotopic (exact) mass is 260 g/mol. The normalized spacial score (nSPS) is 10.3. The van der Waals surface area contributed by atoms with Crippen LogP contribution in [0.3, 0.4) is 0 Å². The average molecular weight is 260 g/mol. The van der Waals surface area contributed by atoms with Crippen molar-refractivity contribution >= 4 is 17.5 Å². The fraction of sp³-hybridized carbons (Fsp3) is 0.143. The lowest BCUT2D eigenvalue weighted by molar-refractivity contribution is 0.0696. The Morgan fingerprint density at radius 2 is 1.95 bits per heavy atom.